The number of hydrogen-bond acceptors (Lipinski definition) is 4. The van der Waals surface area contributed by atoms with E-state index in [0.29, 0.717) is 17.5 Å². The van der Waals surface area contributed by atoms with Gasteiger partial charge in [-0.25, -0.2) is 22.8 Å². The van der Waals surface area contributed by atoms with Crippen LogP contribution >= 0.6 is 0 Å². The lowest BCUT2D eigenvalue weighted by molar-refractivity contribution is 0.319. The quantitative estimate of drug-likeness (QED) is 0.702. The van der Waals surface area contributed by atoms with Gasteiger partial charge in [0.05, 0.1) is 16.7 Å². The molecule has 0 amide bonds. The van der Waals surface area contributed by atoms with E-state index in [9.17, 15) is 12.8 Å². The van der Waals surface area contributed by atoms with Crippen molar-refractivity contribution in [2.24, 2.45) is 11.8 Å². The van der Waals surface area contributed by atoms with Crippen molar-refractivity contribution in [1.82, 2.24) is 9.97 Å². The molecule has 1 aromatic heterocycles. The molecular formula is C23H27FN2O2S. The normalized spacial score (nSPS) is 21.9. The number of sulfone groups is 1. The fourth-order valence-corrected chi connectivity index (χ4v) is 5.72. The van der Waals surface area contributed by atoms with Gasteiger partial charge in [0.2, 0.25) is 0 Å². The zero-order valence-corrected chi connectivity index (χ0v) is 17.8. The third-order valence-electron chi connectivity index (χ3n) is 6.27. The molecule has 4 nitrogen and oxygen atoms in total. The van der Waals surface area contributed by atoms with Crippen molar-refractivity contribution >= 4 is 15.9 Å². The van der Waals surface area contributed by atoms with E-state index in [-0.39, 0.29) is 17.0 Å². The third-order valence-corrected chi connectivity index (χ3v) is 8.65. The molecule has 0 atom stereocenters. The van der Waals surface area contributed by atoms with Gasteiger partial charge in [0.1, 0.15) is 5.82 Å². The molecule has 0 N–H and O–H groups in total. The summed E-state index contributed by atoms with van der Waals surface area (Å²) in [4.78, 5) is 9.16. The summed E-state index contributed by atoms with van der Waals surface area (Å²) in [5, 5.41) is -0.291. The van der Waals surface area contributed by atoms with Crippen LogP contribution in [0.5, 0.6) is 0 Å². The van der Waals surface area contributed by atoms with Crippen molar-refractivity contribution in [3.8, 4) is 11.4 Å². The van der Waals surface area contributed by atoms with Crippen molar-refractivity contribution in [2.75, 3.05) is 5.75 Å². The number of fused-ring (bicyclic) bond motifs is 1. The van der Waals surface area contributed by atoms with Gasteiger partial charge in [-0.05, 0) is 88.1 Å². The van der Waals surface area contributed by atoms with Crippen LogP contribution in [0.15, 0.2) is 36.0 Å². The molecule has 2 aliphatic carbocycles. The van der Waals surface area contributed by atoms with Gasteiger partial charge in [0, 0.05) is 17.3 Å². The highest BCUT2D eigenvalue weighted by atomic mass is 32.2. The molecular weight excluding hydrogens is 387 g/mol. The Morgan fingerprint density at radius 3 is 2.45 bits per heavy atom. The highest BCUT2D eigenvalue weighted by Gasteiger charge is 2.30. The topological polar surface area (TPSA) is 59.9 Å². The number of nitrogens with zero attached hydrogens (tertiary/aromatic N) is 2. The van der Waals surface area contributed by atoms with E-state index in [1.54, 1.807) is 26.0 Å². The minimum Gasteiger partial charge on any atom is -0.236 e. The van der Waals surface area contributed by atoms with Crippen molar-refractivity contribution in [1.29, 1.82) is 0 Å². The Hall–Kier alpha value is -2.08. The first kappa shape index (κ1) is 20.2. The number of allylic oxidation sites excluding steroid dienone is 1. The summed E-state index contributed by atoms with van der Waals surface area (Å²) < 4.78 is 37.6. The first-order valence-corrected chi connectivity index (χ1v) is 12.1. The van der Waals surface area contributed by atoms with Gasteiger partial charge in [-0.2, -0.15) is 0 Å². The van der Waals surface area contributed by atoms with Gasteiger partial charge < -0.3 is 0 Å². The van der Waals surface area contributed by atoms with Crippen LogP contribution < -0.4 is 0 Å². The summed E-state index contributed by atoms with van der Waals surface area (Å²) in [5.41, 5.74) is 4.29. The van der Waals surface area contributed by atoms with Crippen molar-refractivity contribution in [3.63, 3.8) is 0 Å². The van der Waals surface area contributed by atoms with Gasteiger partial charge in [-0.3, -0.25) is 0 Å². The van der Waals surface area contributed by atoms with Gasteiger partial charge in [-0.15, -0.1) is 0 Å². The lowest BCUT2D eigenvalue weighted by Gasteiger charge is -2.29. The summed E-state index contributed by atoms with van der Waals surface area (Å²) in [7, 11) is -2.97. The fraction of sp³-hybridized carbons (Fsp3) is 0.478. The molecule has 1 aromatic carbocycles. The summed E-state index contributed by atoms with van der Waals surface area (Å²) in [6.45, 7) is 3.53. The van der Waals surface area contributed by atoms with Gasteiger partial charge in [-0.1, -0.05) is 5.57 Å². The Balaban J connectivity index is 1.42. The van der Waals surface area contributed by atoms with E-state index in [2.05, 4.69) is 11.1 Å². The van der Waals surface area contributed by atoms with Gasteiger partial charge in [0.15, 0.2) is 15.7 Å². The summed E-state index contributed by atoms with van der Waals surface area (Å²) >= 11 is 0. The Morgan fingerprint density at radius 1 is 1.10 bits per heavy atom. The van der Waals surface area contributed by atoms with E-state index in [4.69, 9.17) is 4.98 Å². The first-order valence-electron chi connectivity index (χ1n) is 10.4. The molecule has 0 spiro atoms. The lowest BCUT2D eigenvalue weighted by Crippen LogP contribution is -2.27. The number of hydrogen-bond donors (Lipinski definition) is 0. The second-order valence-corrected chi connectivity index (χ2v) is 11.2. The predicted octanol–water partition coefficient (Wildman–Crippen LogP) is 4.85. The summed E-state index contributed by atoms with van der Waals surface area (Å²) in [6, 6.07) is 6.24. The Labute approximate surface area is 172 Å². The van der Waals surface area contributed by atoms with E-state index in [0.717, 1.165) is 48.9 Å². The molecule has 1 saturated carbocycles. The Bertz CT molecular complexity index is 1020. The molecule has 2 aliphatic rings. The molecule has 0 saturated heterocycles. The minimum atomic E-state index is -2.97. The maximum atomic E-state index is 13.2. The molecule has 2 aromatic rings. The molecule has 1 heterocycles. The van der Waals surface area contributed by atoms with E-state index < -0.39 is 9.84 Å². The lowest BCUT2D eigenvalue weighted by atomic mass is 9.78. The minimum absolute atomic E-state index is 0.270. The maximum Gasteiger partial charge on any atom is 0.159 e. The average molecular weight is 415 g/mol. The maximum absolute atomic E-state index is 13.2. The highest BCUT2D eigenvalue weighted by molar-refractivity contribution is 7.91. The summed E-state index contributed by atoms with van der Waals surface area (Å²) in [6.07, 6.45) is 8.95. The van der Waals surface area contributed by atoms with E-state index in [1.807, 2.05) is 6.20 Å². The third kappa shape index (κ3) is 4.42. The Kier molecular flexibility index (Phi) is 5.56. The van der Waals surface area contributed by atoms with Crippen LogP contribution in [-0.4, -0.2) is 29.4 Å². The van der Waals surface area contributed by atoms with Crippen LogP contribution in [0.4, 0.5) is 4.39 Å². The number of benzene rings is 1. The zero-order valence-electron chi connectivity index (χ0n) is 16.9. The van der Waals surface area contributed by atoms with Gasteiger partial charge >= 0.3 is 0 Å². The fourth-order valence-electron chi connectivity index (χ4n) is 4.35. The van der Waals surface area contributed by atoms with Crippen LogP contribution in [0, 0.1) is 17.7 Å². The van der Waals surface area contributed by atoms with Crippen LogP contribution in [0.1, 0.15) is 50.8 Å². The first-order chi connectivity index (χ1) is 13.8. The Morgan fingerprint density at radius 2 is 1.79 bits per heavy atom. The molecule has 0 unspecified atom stereocenters. The molecule has 0 bridgehead atoms. The van der Waals surface area contributed by atoms with Crippen molar-refractivity contribution < 1.29 is 12.8 Å². The van der Waals surface area contributed by atoms with Crippen LogP contribution in [-0.2, 0) is 16.3 Å². The molecule has 154 valence electrons. The molecule has 6 heteroatoms. The van der Waals surface area contributed by atoms with E-state index in [1.165, 1.54) is 17.7 Å². The second kappa shape index (κ2) is 7.98. The summed E-state index contributed by atoms with van der Waals surface area (Å²) in [5.74, 6) is 1.45. The smallest absolute Gasteiger partial charge is 0.159 e. The number of aromatic nitrogens is 2. The predicted molar refractivity (Wildman–Crippen MR) is 113 cm³/mol. The highest BCUT2D eigenvalue weighted by Crippen LogP contribution is 2.39. The molecule has 29 heavy (non-hydrogen) atoms. The SMILES string of the molecule is CC(C)S(=O)(=O)CC1CCC(C2=Cc3nc(-c4ccc(F)cc4)ncc3C2)CC1. The number of rotatable bonds is 5. The van der Waals surface area contributed by atoms with Crippen molar-refractivity contribution in [3.05, 3.63) is 53.1 Å². The average Bonchev–Trinajstić information content (AvgIpc) is 3.12. The van der Waals surface area contributed by atoms with Crippen LogP contribution in [0.25, 0.3) is 17.5 Å². The zero-order chi connectivity index (χ0) is 20.6. The van der Waals surface area contributed by atoms with E-state index >= 15 is 0 Å². The van der Waals surface area contributed by atoms with Gasteiger partial charge in [0.25, 0.3) is 0 Å². The number of halogens is 1. The monoisotopic (exact) mass is 414 g/mol. The molecule has 0 aliphatic heterocycles. The largest absolute Gasteiger partial charge is 0.236 e. The molecule has 1 fully saturated rings. The standard InChI is InChI=1S/C23H27FN2O2S/c1-15(2)29(27,28)14-16-3-5-17(6-4-16)19-11-20-13-25-23(26-22(20)12-19)18-7-9-21(24)10-8-18/h7-10,12-13,15-17H,3-6,11,14H2,1-2H3. The van der Waals surface area contributed by atoms with Crippen molar-refractivity contribution in [2.45, 2.75) is 51.2 Å². The van der Waals surface area contributed by atoms with Crippen LogP contribution in [0.3, 0.4) is 0 Å². The second-order valence-electron chi connectivity index (χ2n) is 8.60. The molecule has 0 radical (unpaired) electrons. The van der Waals surface area contributed by atoms with Crippen LogP contribution in [0.2, 0.25) is 0 Å². The molecule has 4 rings (SSSR count).